The largest absolute Gasteiger partial charge is 0.490 e. The van der Waals surface area contributed by atoms with Gasteiger partial charge in [0, 0.05) is 12.1 Å². The molecule has 0 atom stereocenters. The zero-order chi connectivity index (χ0) is 14.9. The molecule has 21 heavy (non-hydrogen) atoms. The summed E-state index contributed by atoms with van der Waals surface area (Å²) in [5, 5.41) is 3.40. The average Bonchev–Trinajstić information content (AvgIpc) is 3.30. The lowest BCUT2D eigenvalue weighted by atomic mass is 10.2. The lowest BCUT2D eigenvalue weighted by Crippen LogP contribution is -2.16. The van der Waals surface area contributed by atoms with Crippen molar-refractivity contribution in [2.45, 2.75) is 39.7 Å². The molecule has 118 valence electrons. The Bertz CT molecular complexity index is 418. The van der Waals surface area contributed by atoms with Crippen molar-refractivity contribution >= 4 is 0 Å². The number of para-hydroxylation sites is 1. The van der Waals surface area contributed by atoms with Gasteiger partial charge in [-0.25, -0.2) is 0 Å². The Labute approximate surface area is 127 Å². The van der Waals surface area contributed by atoms with E-state index in [9.17, 15) is 0 Å². The standard InChI is InChI=1S/C17H27NO3/c1-3-10-18-11-15-6-5-7-16(20-4-2)17(15)21-13-19-12-14-8-9-14/h5-7,14,18H,3-4,8-13H2,1-2H3. The van der Waals surface area contributed by atoms with Crippen LogP contribution in [0.25, 0.3) is 0 Å². The van der Waals surface area contributed by atoms with E-state index in [0.717, 1.165) is 49.1 Å². The smallest absolute Gasteiger partial charge is 0.189 e. The first-order valence-corrected chi connectivity index (χ1v) is 8.01. The van der Waals surface area contributed by atoms with Crippen LogP contribution < -0.4 is 14.8 Å². The molecule has 1 N–H and O–H groups in total. The molecule has 0 aliphatic heterocycles. The molecule has 0 unspecified atom stereocenters. The van der Waals surface area contributed by atoms with Crippen LogP contribution in [0.3, 0.4) is 0 Å². The van der Waals surface area contributed by atoms with E-state index in [2.05, 4.69) is 18.3 Å². The minimum Gasteiger partial charge on any atom is -0.490 e. The van der Waals surface area contributed by atoms with Crippen molar-refractivity contribution in [2.75, 3.05) is 26.6 Å². The topological polar surface area (TPSA) is 39.7 Å². The summed E-state index contributed by atoms with van der Waals surface area (Å²) in [5.41, 5.74) is 1.12. The van der Waals surface area contributed by atoms with Crippen molar-refractivity contribution in [3.8, 4) is 11.5 Å². The zero-order valence-electron chi connectivity index (χ0n) is 13.2. The van der Waals surface area contributed by atoms with Gasteiger partial charge < -0.3 is 19.5 Å². The van der Waals surface area contributed by atoms with Crippen molar-refractivity contribution in [3.05, 3.63) is 23.8 Å². The monoisotopic (exact) mass is 293 g/mol. The van der Waals surface area contributed by atoms with Gasteiger partial charge >= 0.3 is 0 Å². The third kappa shape index (κ3) is 5.56. The molecule has 1 aliphatic carbocycles. The highest BCUT2D eigenvalue weighted by Gasteiger charge is 2.21. The van der Waals surface area contributed by atoms with Crippen LogP contribution in [-0.4, -0.2) is 26.6 Å². The molecule has 1 aromatic carbocycles. The van der Waals surface area contributed by atoms with Crippen molar-refractivity contribution in [1.82, 2.24) is 5.32 Å². The lowest BCUT2D eigenvalue weighted by Gasteiger charge is -2.16. The summed E-state index contributed by atoms with van der Waals surface area (Å²) in [7, 11) is 0. The van der Waals surface area contributed by atoms with Crippen molar-refractivity contribution < 1.29 is 14.2 Å². The fourth-order valence-electron chi connectivity index (χ4n) is 2.13. The second-order valence-electron chi connectivity index (χ2n) is 5.43. The number of hydrogen-bond acceptors (Lipinski definition) is 4. The molecule has 0 radical (unpaired) electrons. The second-order valence-corrected chi connectivity index (χ2v) is 5.43. The van der Waals surface area contributed by atoms with Gasteiger partial charge in [0.05, 0.1) is 13.2 Å². The van der Waals surface area contributed by atoms with Gasteiger partial charge in [-0.1, -0.05) is 19.1 Å². The van der Waals surface area contributed by atoms with E-state index in [1.807, 2.05) is 19.1 Å². The molecule has 0 saturated heterocycles. The van der Waals surface area contributed by atoms with Crippen molar-refractivity contribution in [3.63, 3.8) is 0 Å². The molecule has 1 saturated carbocycles. The quantitative estimate of drug-likeness (QED) is 0.502. The molecule has 0 heterocycles. The highest BCUT2D eigenvalue weighted by atomic mass is 16.7. The van der Waals surface area contributed by atoms with E-state index in [-0.39, 0.29) is 0 Å². The Hall–Kier alpha value is -1.26. The molecule has 0 amide bonds. The Kier molecular flexibility index (Phi) is 6.83. The van der Waals surface area contributed by atoms with Crippen LogP contribution >= 0.6 is 0 Å². The van der Waals surface area contributed by atoms with Gasteiger partial charge in [-0.15, -0.1) is 0 Å². The first-order chi connectivity index (χ1) is 10.3. The molecular weight excluding hydrogens is 266 g/mol. The zero-order valence-corrected chi connectivity index (χ0v) is 13.2. The molecule has 0 bridgehead atoms. The van der Waals surface area contributed by atoms with Gasteiger partial charge in [0.25, 0.3) is 0 Å². The van der Waals surface area contributed by atoms with Crippen LogP contribution in [0.5, 0.6) is 11.5 Å². The SMILES string of the molecule is CCCNCc1cccc(OCC)c1OCOCC1CC1. The van der Waals surface area contributed by atoms with Gasteiger partial charge in [-0.3, -0.25) is 0 Å². The summed E-state index contributed by atoms with van der Waals surface area (Å²) in [6, 6.07) is 6.02. The Morgan fingerprint density at radius 3 is 2.76 bits per heavy atom. The van der Waals surface area contributed by atoms with E-state index < -0.39 is 0 Å². The third-order valence-electron chi connectivity index (χ3n) is 3.44. The number of hydrogen-bond donors (Lipinski definition) is 1. The van der Waals surface area contributed by atoms with Crippen molar-refractivity contribution in [2.24, 2.45) is 5.92 Å². The summed E-state index contributed by atoms with van der Waals surface area (Å²) in [6.07, 6.45) is 3.70. The maximum atomic E-state index is 5.84. The molecule has 4 nitrogen and oxygen atoms in total. The van der Waals surface area contributed by atoms with Crippen molar-refractivity contribution in [1.29, 1.82) is 0 Å². The minimum atomic E-state index is 0.293. The molecule has 1 aliphatic rings. The molecule has 0 aromatic heterocycles. The molecular formula is C17H27NO3. The van der Waals surface area contributed by atoms with Gasteiger partial charge in [0.15, 0.2) is 18.3 Å². The normalized spacial score (nSPS) is 14.2. The van der Waals surface area contributed by atoms with E-state index in [1.165, 1.54) is 12.8 Å². The van der Waals surface area contributed by atoms with Crippen LogP contribution in [0.2, 0.25) is 0 Å². The highest BCUT2D eigenvalue weighted by molar-refractivity contribution is 5.46. The van der Waals surface area contributed by atoms with Gasteiger partial charge in [0.2, 0.25) is 0 Å². The highest BCUT2D eigenvalue weighted by Crippen LogP contribution is 2.32. The molecule has 1 fully saturated rings. The van der Waals surface area contributed by atoms with Gasteiger partial charge in [-0.05, 0) is 44.7 Å². The van der Waals surface area contributed by atoms with Crippen LogP contribution in [0, 0.1) is 5.92 Å². The summed E-state index contributed by atoms with van der Waals surface area (Å²) in [5.74, 6) is 2.35. The van der Waals surface area contributed by atoms with E-state index in [1.54, 1.807) is 0 Å². The number of rotatable bonds is 11. The Balaban J connectivity index is 1.93. The van der Waals surface area contributed by atoms with Crippen LogP contribution in [0.15, 0.2) is 18.2 Å². The van der Waals surface area contributed by atoms with E-state index in [4.69, 9.17) is 14.2 Å². The first kappa shape index (κ1) is 16.1. The molecule has 4 heteroatoms. The van der Waals surface area contributed by atoms with Gasteiger partial charge in [-0.2, -0.15) is 0 Å². The lowest BCUT2D eigenvalue weighted by molar-refractivity contribution is 0.00781. The summed E-state index contributed by atoms with van der Waals surface area (Å²) < 4.78 is 17.1. The van der Waals surface area contributed by atoms with E-state index >= 15 is 0 Å². The molecule has 0 spiro atoms. The second kappa shape index (κ2) is 8.90. The number of ether oxygens (including phenoxy) is 3. The Morgan fingerprint density at radius 1 is 1.19 bits per heavy atom. The fourth-order valence-corrected chi connectivity index (χ4v) is 2.13. The van der Waals surface area contributed by atoms with Gasteiger partial charge in [0.1, 0.15) is 0 Å². The van der Waals surface area contributed by atoms with E-state index in [0.29, 0.717) is 13.4 Å². The number of benzene rings is 1. The average molecular weight is 293 g/mol. The summed E-state index contributed by atoms with van der Waals surface area (Å²) in [4.78, 5) is 0. The molecule has 2 rings (SSSR count). The van der Waals surface area contributed by atoms with Crippen LogP contribution in [0.1, 0.15) is 38.7 Å². The maximum absolute atomic E-state index is 5.84. The first-order valence-electron chi connectivity index (χ1n) is 8.01. The fraction of sp³-hybridized carbons (Fsp3) is 0.647. The molecule has 1 aromatic rings. The minimum absolute atomic E-state index is 0.293. The summed E-state index contributed by atoms with van der Waals surface area (Å²) in [6.45, 7) is 7.65. The predicted octanol–water partition coefficient (Wildman–Crippen LogP) is 3.35. The predicted molar refractivity (Wildman–Crippen MR) is 83.8 cm³/mol. The Morgan fingerprint density at radius 2 is 2.05 bits per heavy atom. The summed E-state index contributed by atoms with van der Waals surface area (Å²) >= 11 is 0. The van der Waals surface area contributed by atoms with Crippen LogP contribution in [0.4, 0.5) is 0 Å². The van der Waals surface area contributed by atoms with Crippen LogP contribution in [-0.2, 0) is 11.3 Å². The number of nitrogens with one attached hydrogen (secondary N) is 1. The maximum Gasteiger partial charge on any atom is 0.189 e. The third-order valence-corrected chi connectivity index (χ3v) is 3.44.